The number of thiazole rings is 1. The number of aromatic nitrogens is 1. The van der Waals surface area contributed by atoms with Crippen molar-refractivity contribution >= 4 is 17.3 Å². The van der Waals surface area contributed by atoms with E-state index in [0.29, 0.717) is 18.2 Å². The Morgan fingerprint density at radius 3 is 2.79 bits per heavy atom. The molecule has 0 amide bonds. The quantitative estimate of drug-likeness (QED) is 0.798. The normalized spacial score (nSPS) is 19.8. The van der Waals surface area contributed by atoms with Gasteiger partial charge in [-0.15, -0.1) is 11.3 Å². The molecular formula is C8H9NO4S. The van der Waals surface area contributed by atoms with Crippen LogP contribution in [0.4, 0.5) is 0 Å². The number of carbonyl (C=O) groups is 1. The lowest BCUT2D eigenvalue weighted by molar-refractivity contribution is -0.149. The van der Waals surface area contributed by atoms with Gasteiger partial charge >= 0.3 is 5.97 Å². The summed E-state index contributed by atoms with van der Waals surface area (Å²) in [5.74, 6) is -1.84. The second-order valence-electron chi connectivity index (χ2n) is 2.98. The Morgan fingerprint density at radius 1 is 1.64 bits per heavy atom. The summed E-state index contributed by atoms with van der Waals surface area (Å²) in [4.78, 5) is 14.8. The molecule has 0 aromatic carbocycles. The van der Waals surface area contributed by atoms with E-state index in [4.69, 9.17) is 14.6 Å². The molecule has 14 heavy (non-hydrogen) atoms. The highest BCUT2D eigenvalue weighted by atomic mass is 32.1. The smallest absolute Gasteiger partial charge is 0.347 e. The van der Waals surface area contributed by atoms with Gasteiger partial charge in [0.15, 0.2) is 5.01 Å². The largest absolute Gasteiger partial charge is 0.477 e. The van der Waals surface area contributed by atoms with Gasteiger partial charge in [-0.3, -0.25) is 0 Å². The van der Waals surface area contributed by atoms with Crippen molar-refractivity contribution in [2.24, 2.45) is 0 Å². The summed E-state index contributed by atoms with van der Waals surface area (Å²) in [6.07, 6.45) is 1.32. The monoisotopic (exact) mass is 215 g/mol. The van der Waals surface area contributed by atoms with E-state index >= 15 is 0 Å². The minimum Gasteiger partial charge on any atom is -0.477 e. The third kappa shape index (κ3) is 1.52. The summed E-state index contributed by atoms with van der Waals surface area (Å²) in [6, 6.07) is 0. The predicted octanol–water partition coefficient (Wildman–Crippen LogP) is 1.06. The summed E-state index contributed by atoms with van der Waals surface area (Å²) in [5, 5.41) is 9.26. The van der Waals surface area contributed by atoms with Gasteiger partial charge in [0.1, 0.15) is 4.88 Å². The molecule has 5 nitrogen and oxygen atoms in total. The Balaban J connectivity index is 2.28. The van der Waals surface area contributed by atoms with Crippen molar-refractivity contribution in [2.75, 3.05) is 13.2 Å². The number of carboxylic acids is 1. The van der Waals surface area contributed by atoms with Crippen molar-refractivity contribution in [3.8, 4) is 0 Å². The fourth-order valence-electron chi connectivity index (χ4n) is 1.22. The number of ether oxygens (including phenoxy) is 2. The Labute approximate surface area is 84.3 Å². The molecule has 1 aromatic rings. The van der Waals surface area contributed by atoms with Crippen molar-refractivity contribution < 1.29 is 19.4 Å². The van der Waals surface area contributed by atoms with Crippen LogP contribution in [-0.2, 0) is 15.3 Å². The average Bonchev–Trinajstić information content (AvgIpc) is 2.71. The van der Waals surface area contributed by atoms with Crippen LogP contribution in [0.15, 0.2) is 6.20 Å². The van der Waals surface area contributed by atoms with E-state index in [1.54, 1.807) is 6.92 Å². The summed E-state index contributed by atoms with van der Waals surface area (Å²) < 4.78 is 10.7. The van der Waals surface area contributed by atoms with Gasteiger partial charge < -0.3 is 14.6 Å². The van der Waals surface area contributed by atoms with Crippen molar-refractivity contribution in [1.29, 1.82) is 0 Å². The van der Waals surface area contributed by atoms with Gasteiger partial charge in [0.05, 0.1) is 19.4 Å². The molecule has 1 aromatic heterocycles. The molecule has 1 fully saturated rings. The van der Waals surface area contributed by atoms with Crippen LogP contribution < -0.4 is 0 Å². The first-order chi connectivity index (χ1) is 6.62. The highest BCUT2D eigenvalue weighted by Gasteiger charge is 2.36. The zero-order chi connectivity index (χ0) is 10.2. The topological polar surface area (TPSA) is 68.7 Å². The van der Waals surface area contributed by atoms with Crippen LogP contribution in [0, 0.1) is 0 Å². The van der Waals surface area contributed by atoms with Crippen molar-refractivity contribution in [2.45, 2.75) is 12.7 Å². The average molecular weight is 215 g/mol. The van der Waals surface area contributed by atoms with E-state index in [-0.39, 0.29) is 4.88 Å². The minimum absolute atomic E-state index is 0.195. The standard InChI is InChI=1S/C8H9NO4S/c1-8(12-2-3-13-8)7-9-4-5(14-7)6(10)11/h4H,2-3H2,1H3,(H,10,11). The van der Waals surface area contributed by atoms with E-state index in [2.05, 4.69) is 4.98 Å². The van der Waals surface area contributed by atoms with Crippen LogP contribution in [0.2, 0.25) is 0 Å². The summed E-state index contributed by atoms with van der Waals surface area (Å²) >= 11 is 1.08. The zero-order valence-electron chi connectivity index (χ0n) is 7.52. The van der Waals surface area contributed by atoms with E-state index < -0.39 is 11.8 Å². The van der Waals surface area contributed by atoms with Crippen molar-refractivity contribution in [3.63, 3.8) is 0 Å². The highest BCUT2D eigenvalue weighted by Crippen LogP contribution is 2.33. The molecule has 1 N–H and O–H groups in total. The van der Waals surface area contributed by atoms with Crippen molar-refractivity contribution in [1.82, 2.24) is 4.98 Å². The third-order valence-electron chi connectivity index (χ3n) is 1.94. The first-order valence-electron chi connectivity index (χ1n) is 4.09. The van der Waals surface area contributed by atoms with Gasteiger partial charge in [0.2, 0.25) is 5.79 Å². The van der Waals surface area contributed by atoms with Crippen molar-refractivity contribution in [3.05, 3.63) is 16.1 Å². The maximum Gasteiger partial charge on any atom is 0.347 e. The predicted molar refractivity (Wildman–Crippen MR) is 48.3 cm³/mol. The van der Waals surface area contributed by atoms with Crippen LogP contribution in [0.25, 0.3) is 0 Å². The molecule has 0 radical (unpaired) electrons. The van der Waals surface area contributed by atoms with Gasteiger partial charge in [-0.1, -0.05) is 0 Å². The van der Waals surface area contributed by atoms with Gasteiger partial charge in [-0.25, -0.2) is 9.78 Å². The zero-order valence-corrected chi connectivity index (χ0v) is 8.34. The first-order valence-corrected chi connectivity index (χ1v) is 4.91. The summed E-state index contributed by atoms with van der Waals surface area (Å²) in [5.41, 5.74) is 0. The first kappa shape index (κ1) is 9.57. The number of nitrogens with zero attached hydrogens (tertiary/aromatic N) is 1. The molecule has 0 bridgehead atoms. The molecule has 0 unspecified atom stereocenters. The molecule has 0 atom stereocenters. The van der Waals surface area contributed by atoms with Gasteiger partial charge in [-0.2, -0.15) is 0 Å². The number of carboxylic acid groups (broad SMARTS) is 1. The Kier molecular flexibility index (Phi) is 2.26. The van der Waals surface area contributed by atoms with E-state index in [9.17, 15) is 4.79 Å². The molecule has 0 aliphatic carbocycles. The second kappa shape index (κ2) is 3.30. The van der Waals surface area contributed by atoms with Gasteiger partial charge in [0.25, 0.3) is 0 Å². The molecule has 1 saturated heterocycles. The number of hydrogen-bond acceptors (Lipinski definition) is 5. The third-order valence-corrected chi connectivity index (χ3v) is 3.11. The van der Waals surface area contributed by atoms with E-state index in [1.807, 2.05) is 0 Å². The fourth-order valence-corrected chi connectivity index (χ4v) is 2.03. The molecule has 0 spiro atoms. The van der Waals surface area contributed by atoms with E-state index in [0.717, 1.165) is 11.3 Å². The molecule has 6 heteroatoms. The van der Waals surface area contributed by atoms with Gasteiger partial charge in [0, 0.05) is 0 Å². The van der Waals surface area contributed by atoms with Crippen LogP contribution in [0.5, 0.6) is 0 Å². The molecule has 2 rings (SSSR count). The molecular weight excluding hydrogens is 206 g/mol. The molecule has 2 heterocycles. The second-order valence-corrected chi connectivity index (χ2v) is 4.01. The lowest BCUT2D eigenvalue weighted by Gasteiger charge is -2.18. The molecule has 0 saturated carbocycles. The highest BCUT2D eigenvalue weighted by molar-refractivity contribution is 7.13. The Bertz CT molecular complexity index is 356. The minimum atomic E-state index is -0.977. The summed E-state index contributed by atoms with van der Waals surface area (Å²) in [7, 11) is 0. The molecule has 1 aliphatic rings. The maximum absolute atomic E-state index is 10.6. The van der Waals surface area contributed by atoms with Gasteiger partial charge in [-0.05, 0) is 6.92 Å². The SMILES string of the molecule is CC1(c2ncc(C(=O)O)s2)OCCO1. The van der Waals surface area contributed by atoms with Crippen LogP contribution in [0.3, 0.4) is 0 Å². The Hall–Kier alpha value is -0.980. The fraction of sp³-hybridized carbons (Fsp3) is 0.500. The van der Waals surface area contributed by atoms with E-state index in [1.165, 1.54) is 6.20 Å². The van der Waals surface area contributed by atoms with Crippen LogP contribution in [-0.4, -0.2) is 29.3 Å². The number of hydrogen-bond donors (Lipinski definition) is 1. The number of rotatable bonds is 2. The Morgan fingerprint density at radius 2 is 2.29 bits per heavy atom. The van der Waals surface area contributed by atoms with Crippen LogP contribution in [0.1, 0.15) is 21.6 Å². The number of aromatic carboxylic acids is 1. The molecule has 1 aliphatic heterocycles. The lowest BCUT2D eigenvalue weighted by Crippen LogP contribution is -2.21. The lowest BCUT2D eigenvalue weighted by atomic mass is 10.3. The summed E-state index contributed by atoms with van der Waals surface area (Å²) in [6.45, 7) is 2.77. The molecule has 76 valence electrons. The maximum atomic E-state index is 10.6. The van der Waals surface area contributed by atoms with Crippen LogP contribution >= 0.6 is 11.3 Å².